The average molecular weight is 485 g/mol. The van der Waals surface area contributed by atoms with Crippen LogP contribution in [0, 0.1) is 0 Å². The van der Waals surface area contributed by atoms with Crippen LogP contribution in [0.5, 0.6) is 11.5 Å². The first kappa shape index (κ1) is 23.9. The molecule has 180 valence electrons. The van der Waals surface area contributed by atoms with E-state index in [-0.39, 0.29) is 24.9 Å². The van der Waals surface area contributed by atoms with E-state index in [1.165, 1.54) is 0 Å². The van der Waals surface area contributed by atoms with Gasteiger partial charge in [-0.05, 0) is 50.3 Å². The van der Waals surface area contributed by atoms with E-state index < -0.39 is 0 Å². The van der Waals surface area contributed by atoms with Crippen LogP contribution in [0.4, 0.5) is 10.5 Å². The molecule has 2 heterocycles. The van der Waals surface area contributed by atoms with Crippen LogP contribution >= 0.6 is 11.6 Å². The van der Waals surface area contributed by atoms with Crippen molar-refractivity contribution in [2.75, 3.05) is 38.3 Å². The predicted octanol–water partition coefficient (Wildman–Crippen LogP) is 4.68. The Bertz CT molecular complexity index is 1230. The molecule has 1 aliphatic rings. The Balaban J connectivity index is 1.57. The monoisotopic (exact) mass is 484 g/mol. The molecule has 0 aliphatic carbocycles. The van der Waals surface area contributed by atoms with Gasteiger partial charge in [-0.2, -0.15) is 0 Å². The number of aromatic amines is 1. The number of amides is 2. The number of H-pyrrole nitrogens is 1. The summed E-state index contributed by atoms with van der Waals surface area (Å²) in [5, 5.41) is 4.15. The molecule has 2 N–H and O–H groups in total. The van der Waals surface area contributed by atoms with Crippen LogP contribution in [0.25, 0.3) is 10.9 Å². The fourth-order valence-corrected chi connectivity index (χ4v) is 4.18. The topological polar surface area (TPSA) is 86.9 Å². The summed E-state index contributed by atoms with van der Waals surface area (Å²) in [4.78, 5) is 32.9. The van der Waals surface area contributed by atoms with Crippen molar-refractivity contribution in [2.24, 2.45) is 0 Å². The molecule has 0 saturated heterocycles. The number of para-hydroxylation sites is 1. The van der Waals surface area contributed by atoms with Gasteiger partial charge >= 0.3 is 6.03 Å². The SMILES string of the molecule is CCN(CC)CCCN(Cc1cc2cc3c(cc2[nH]c1=O)OCO3)C(=O)Nc1ccccc1Cl. The number of aromatic nitrogens is 1. The first-order chi connectivity index (χ1) is 16.5. The minimum atomic E-state index is -0.308. The van der Waals surface area contributed by atoms with Crippen LogP contribution in [-0.4, -0.2) is 53.8 Å². The van der Waals surface area contributed by atoms with Crippen molar-refractivity contribution in [3.05, 3.63) is 63.4 Å². The summed E-state index contributed by atoms with van der Waals surface area (Å²) in [5.74, 6) is 1.24. The van der Waals surface area contributed by atoms with Gasteiger partial charge in [0, 0.05) is 23.6 Å². The number of fused-ring (bicyclic) bond motifs is 2. The minimum absolute atomic E-state index is 0.158. The van der Waals surface area contributed by atoms with Gasteiger partial charge in [0.15, 0.2) is 11.5 Å². The maximum absolute atomic E-state index is 13.2. The number of hydrogen-bond acceptors (Lipinski definition) is 5. The van der Waals surface area contributed by atoms with Gasteiger partial charge in [-0.25, -0.2) is 4.79 Å². The number of urea groups is 1. The molecule has 0 saturated carbocycles. The maximum atomic E-state index is 13.2. The highest BCUT2D eigenvalue weighted by Crippen LogP contribution is 2.35. The van der Waals surface area contributed by atoms with Gasteiger partial charge < -0.3 is 29.6 Å². The summed E-state index contributed by atoms with van der Waals surface area (Å²) in [6.07, 6.45) is 0.780. The molecule has 0 fully saturated rings. The third-order valence-electron chi connectivity index (χ3n) is 5.98. The highest BCUT2D eigenvalue weighted by Gasteiger charge is 2.19. The molecule has 9 heteroatoms. The largest absolute Gasteiger partial charge is 0.454 e. The summed E-state index contributed by atoms with van der Waals surface area (Å²) >= 11 is 6.24. The third kappa shape index (κ3) is 5.46. The molecule has 0 spiro atoms. The number of benzene rings is 2. The second kappa shape index (κ2) is 10.8. The Morgan fingerprint density at radius 3 is 2.56 bits per heavy atom. The molecule has 4 rings (SSSR count). The highest BCUT2D eigenvalue weighted by molar-refractivity contribution is 6.33. The molecule has 0 bridgehead atoms. The number of ether oxygens (including phenoxy) is 2. The zero-order valence-corrected chi connectivity index (χ0v) is 20.2. The van der Waals surface area contributed by atoms with Gasteiger partial charge in [0.05, 0.1) is 22.8 Å². The first-order valence-corrected chi connectivity index (χ1v) is 11.8. The lowest BCUT2D eigenvalue weighted by Crippen LogP contribution is -2.38. The van der Waals surface area contributed by atoms with Crippen molar-refractivity contribution in [1.29, 1.82) is 0 Å². The number of nitrogens with one attached hydrogen (secondary N) is 2. The summed E-state index contributed by atoms with van der Waals surface area (Å²) in [5.41, 5.74) is 1.43. The molecule has 0 radical (unpaired) electrons. The second-order valence-corrected chi connectivity index (χ2v) is 8.54. The molecular formula is C25H29ClN4O4. The van der Waals surface area contributed by atoms with Crippen LogP contribution in [0.3, 0.4) is 0 Å². The van der Waals surface area contributed by atoms with Gasteiger partial charge in [0.25, 0.3) is 5.56 Å². The molecule has 1 aromatic heterocycles. The van der Waals surface area contributed by atoms with Gasteiger partial charge in [-0.3, -0.25) is 4.79 Å². The van der Waals surface area contributed by atoms with Crippen LogP contribution in [0.2, 0.25) is 5.02 Å². The molecule has 2 aromatic carbocycles. The molecule has 0 unspecified atom stereocenters. The van der Waals surface area contributed by atoms with Gasteiger partial charge in [-0.1, -0.05) is 37.6 Å². The number of pyridine rings is 1. The number of carbonyl (C=O) groups is 1. The van der Waals surface area contributed by atoms with E-state index in [1.807, 2.05) is 12.1 Å². The fraction of sp³-hybridized carbons (Fsp3) is 0.360. The lowest BCUT2D eigenvalue weighted by Gasteiger charge is -2.25. The number of anilines is 1. The highest BCUT2D eigenvalue weighted by atomic mass is 35.5. The van der Waals surface area contributed by atoms with E-state index in [0.29, 0.717) is 39.8 Å². The number of carbonyl (C=O) groups excluding carboxylic acids is 1. The second-order valence-electron chi connectivity index (χ2n) is 8.13. The van der Waals surface area contributed by atoms with Crippen LogP contribution in [0.15, 0.2) is 47.3 Å². The number of halogens is 1. The minimum Gasteiger partial charge on any atom is -0.454 e. The zero-order chi connectivity index (χ0) is 24.1. The Kier molecular flexibility index (Phi) is 7.59. The fourth-order valence-electron chi connectivity index (χ4n) is 4.00. The zero-order valence-electron chi connectivity index (χ0n) is 19.4. The first-order valence-electron chi connectivity index (χ1n) is 11.5. The van der Waals surface area contributed by atoms with E-state index >= 15 is 0 Å². The van der Waals surface area contributed by atoms with Gasteiger partial charge in [0.1, 0.15) is 0 Å². The molecule has 2 amide bonds. The Morgan fingerprint density at radius 2 is 1.82 bits per heavy atom. The van der Waals surface area contributed by atoms with Crippen LogP contribution < -0.4 is 20.3 Å². The van der Waals surface area contributed by atoms with Crippen molar-refractivity contribution in [2.45, 2.75) is 26.8 Å². The lowest BCUT2D eigenvalue weighted by molar-refractivity contribution is 0.174. The molecule has 8 nitrogen and oxygen atoms in total. The number of rotatable bonds is 9. The van der Waals surface area contributed by atoms with Gasteiger partial charge in [0.2, 0.25) is 6.79 Å². The predicted molar refractivity (Wildman–Crippen MR) is 134 cm³/mol. The molecule has 34 heavy (non-hydrogen) atoms. The molecule has 1 aliphatic heterocycles. The molecule has 0 atom stereocenters. The number of hydrogen-bond donors (Lipinski definition) is 2. The van der Waals surface area contributed by atoms with E-state index in [9.17, 15) is 9.59 Å². The normalized spacial score (nSPS) is 12.4. The summed E-state index contributed by atoms with van der Waals surface area (Å²) in [6, 6.07) is 12.2. The van der Waals surface area contributed by atoms with Gasteiger partial charge in [-0.15, -0.1) is 0 Å². The summed E-state index contributed by atoms with van der Waals surface area (Å²) in [6.45, 7) is 7.80. The maximum Gasteiger partial charge on any atom is 0.322 e. The van der Waals surface area contributed by atoms with Crippen molar-refractivity contribution in [3.8, 4) is 11.5 Å². The van der Waals surface area contributed by atoms with Crippen molar-refractivity contribution in [3.63, 3.8) is 0 Å². The quantitative estimate of drug-likeness (QED) is 0.460. The molecule has 3 aromatic rings. The lowest BCUT2D eigenvalue weighted by atomic mass is 10.1. The Hall–Kier alpha value is -3.23. The smallest absolute Gasteiger partial charge is 0.322 e. The summed E-state index contributed by atoms with van der Waals surface area (Å²) in [7, 11) is 0. The average Bonchev–Trinajstić information content (AvgIpc) is 3.28. The number of nitrogens with zero attached hydrogens (tertiary/aromatic N) is 2. The van der Waals surface area contributed by atoms with Crippen molar-refractivity contribution in [1.82, 2.24) is 14.8 Å². The standard InChI is InChI=1S/C25H29ClN4O4/c1-3-29(4-2)10-7-11-30(25(32)28-20-9-6-5-8-19(20)26)15-18-12-17-13-22-23(34-16-33-22)14-21(17)27-24(18)31/h5-6,8-9,12-14H,3-4,7,10-11,15-16H2,1-2H3,(H,27,31)(H,28,32). The summed E-state index contributed by atoms with van der Waals surface area (Å²) < 4.78 is 10.9. The van der Waals surface area contributed by atoms with Crippen LogP contribution in [0.1, 0.15) is 25.8 Å². The Labute approximate surface area is 203 Å². The Morgan fingerprint density at radius 1 is 1.09 bits per heavy atom. The molecular weight excluding hydrogens is 456 g/mol. The third-order valence-corrected chi connectivity index (χ3v) is 6.30. The van der Waals surface area contributed by atoms with Crippen molar-refractivity contribution < 1.29 is 14.3 Å². The van der Waals surface area contributed by atoms with E-state index in [1.54, 1.807) is 35.2 Å². The van der Waals surface area contributed by atoms with E-state index in [0.717, 1.165) is 31.4 Å². The van der Waals surface area contributed by atoms with E-state index in [2.05, 4.69) is 29.0 Å². The van der Waals surface area contributed by atoms with Crippen LogP contribution in [-0.2, 0) is 6.54 Å². The van der Waals surface area contributed by atoms with E-state index in [4.69, 9.17) is 21.1 Å². The van der Waals surface area contributed by atoms with Crippen molar-refractivity contribution >= 4 is 34.2 Å².